The average molecular weight is 238 g/mol. The third kappa shape index (κ3) is 9.13. The van der Waals surface area contributed by atoms with Gasteiger partial charge in [-0.1, -0.05) is 0 Å². The van der Waals surface area contributed by atoms with Gasteiger partial charge in [0.1, 0.15) is 0 Å². The molecule has 0 aromatic rings. The molecule has 1 atom stereocenters. The van der Waals surface area contributed by atoms with Crippen LogP contribution in [0.25, 0.3) is 0 Å². The van der Waals surface area contributed by atoms with E-state index in [0.717, 1.165) is 0 Å². The smallest absolute Gasteiger partial charge is 0.548 e. The van der Waals surface area contributed by atoms with Gasteiger partial charge in [-0.05, 0) is 12.8 Å². The molecule has 0 aliphatic heterocycles. The van der Waals surface area contributed by atoms with Gasteiger partial charge in [0.2, 0.25) is 0 Å². The molecule has 0 saturated heterocycles. The van der Waals surface area contributed by atoms with Crippen LogP contribution in [0, 0.1) is 0 Å². The fraction of sp³-hybridized carbons (Fsp3) is 0.667. The number of primary amides is 1. The van der Waals surface area contributed by atoms with Crippen LogP contribution in [0.1, 0.15) is 12.8 Å². The number of amides is 2. The monoisotopic (exact) mass is 237 g/mol. The first-order valence-corrected chi connectivity index (χ1v) is 3.53. The largest absolute Gasteiger partial charge is 1.00 e. The molecule has 0 aliphatic carbocycles. The summed E-state index contributed by atoms with van der Waals surface area (Å²) in [5.41, 5.74) is 9.89. The number of carboxylic acid groups (broad SMARTS) is 1. The topological polar surface area (TPSA) is 121 Å². The van der Waals surface area contributed by atoms with Gasteiger partial charge in [-0.25, -0.2) is 4.79 Å². The van der Waals surface area contributed by atoms with E-state index < -0.39 is 18.0 Å². The number of urea groups is 1. The molecule has 7 heteroatoms. The Bertz CT molecular complexity index is 177. The Hall–Kier alpha value is -0.781. The zero-order chi connectivity index (χ0) is 9.56. The normalized spacial score (nSPS) is 11.2. The van der Waals surface area contributed by atoms with Crippen molar-refractivity contribution in [3.63, 3.8) is 0 Å². The van der Waals surface area contributed by atoms with E-state index in [1.165, 1.54) is 0 Å². The Kier molecular flexibility index (Phi) is 8.89. The van der Waals surface area contributed by atoms with Crippen molar-refractivity contribution >= 4 is 12.0 Å². The molecule has 80 valence electrons. The second kappa shape index (κ2) is 7.85. The molecule has 0 aromatic carbocycles. The number of hydrogen-bond acceptors (Lipinski definition) is 4. The second-order valence-corrected chi connectivity index (χ2v) is 2.36. The molecular formula is C6H12CuN3O3. The van der Waals surface area contributed by atoms with Gasteiger partial charge in [0.15, 0.2) is 0 Å². The van der Waals surface area contributed by atoms with Crippen molar-refractivity contribution in [1.29, 1.82) is 0 Å². The molecule has 5 N–H and O–H groups in total. The second-order valence-electron chi connectivity index (χ2n) is 2.36. The van der Waals surface area contributed by atoms with Crippen LogP contribution < -0.4 is 21.9 Å². The van der Waals surface area contributed by atoms with Crippen molar-refractivity contribution in [2.24, 2.45) is 11.5 Å². The molecule has 0 aliphatic rings. The summed E-state index contributed by atoms with van der Waals surface area (Å²) >= 11 is 0. The molecule has 0 heterocycles. The van der Waals surface area contributed by atoms with Gasteiger partial charge in [-0.2, -0.15) is 0 Å². The number of carbonyl (C=O) groups is 2. The number of rotatable bonds is 5. The van der Waals surface area contributed by atoms with E-state index >= 15 is 0 Å². The Morgan fingerprint density at radius 3 is 2.38 bits per heavy atom. The first-order chi connectivity index (χ1) is 5.54. The van der Waals surface area contributed by atoms with Crippen LogP contribution in [0.4, 0.5) is 4.79 Å². The first-order valence-electron chi connectivity index (χ1n) is 3.53. The maximum atomic E-state index is 10.1. The van der Waals surface area contributed by atoms with Gasteiger partial charge in [0.25, 0.3) is 0 Å². The SMILES string of the molecule is NC(=O)NCCC[C@H](N)C(=O)[O-].[Cu+]. The van der Waals surface area contributed by atoms with Gasteiger partial charge in [-0.3, -0.25) is 0 Å². The fourth-order valence-electron chi connectivity index (χ4n) is 0.651. The molecule has 13 heavy (non-hydrogen) atoms. The van der Waals surface area contributed by atoms with Crippen molar-refractivity contribution in [1.82, 2.24) is 5.32 Å². The number of carbonyl (C=O) groups excluding carboxylic acids is 2. The summed E-state index contributed by atoms with van der Waals surface area (Å²) in [4.78, 5) is 20.2. The zero-order valence-corrected chi connectivity index (χ0v) is 7.82. The molecule has 0 bridgehead atoms. The van der Waals surface area contributed by atoms with Gasteiger partial charge >= 0.3 is 23.1 Å². The third-order valence-electron chi connectivity index (χ3n) is 1.29. The number of nitrogens with two attached hydrogens (primary N) is 2. The molecule has 0 rings (SSSR count). The number of nitrogens with one attached hydrogen (secondary N) is 1. The maximum absolute atomic E-state index is 10.1. The van der Waals surface area contributed by atoms with Crippen molar-refractivity contribution in [3.05, 3.63) is 0 Å². The van der Waals surface area contributed by atoms with Crippen LogP contribution in [0.2, 0.25) is 0 Å². The van der Waals surface area contributed by atoms with Gasteiger partial charge in [0, 0.05) is 12.6 Å². The quantitative estimate of drug-likeness (QED) is 0.362. The van der Waals surface area contributed by atoms with E-state index in [0.29, 0.717) is 13.0 Å². The van der Waals surface area contributed by atoms with E-state index in [1.54, 1.807) is 0 Å². The van der Waals surface area contributed by atoms with Crippen molar-refractivity contribution in [3.8, 4) is 0 Å². The van der Waals surface area contributed by atoms with E-state index in [4.69, 9.17) is 11.5 Å². The van der Waals surface area contributed by atoms with Crippen molar-refractivity contribution < 1.29 is 31.8 Å². The Labute approximate surface area is 86.5 Å². The Morgan fingerprint density at radius 1 is 1.46 bits per heavy atom. The fourth-order valence-corrected chi connectivity index (χ4v) is 0.651. The van der Waals surface area contributed by atoms with Crippen molar-refractivity contribution in [2.45, 2.75) is 18.9 Å². The van der Waals surface area contributed by atoms with Crippen molar-refractivity contribution in [2.75, 3.05) is 6.54 Å². The Morgan fingerprint density at radius 2 is 2.00 bits per heavy atom. The van der Waals surface area contributed by atoms with Crippen LogP contribution >= 0.6 is 0 Å². The van der Waals surface area contributed by atoms with Crippen LogP contribution in [0.3, 0.4) is 0 Å². The standard InChI is InChI=1S/C6H13N3O3.Cu/c7-4(5(10)11)2-1-3-9-6(8)12;/h4H,1-3,7H2,(H,10,11)(H3,8,9,12);/q;+1/p-1/t4-;/m0./s1. The minimum Gasteiger partial charge on any atom is -0.548 e. The molecule has 0 fully saturated rings. The number of hydrogen-bond donors (Lipinski definition) is 3. The number of carboxylic acids is 1. The summed E-state index contributed by atoms with van der Waals surface area (Å²) < 4.78 is 0. The molecule has 0 radical (unpaired) electrons. The van der Waals surface area contributed by atoms with Gasteiger partial charge < -0.3 is 26.7 Å². The molecule has 0 unspecified atom stereocenters. The van der Waals surface area contributed by atoms with Crippen LogP contribution in [0.5, 0.6) is 0 Å². The third-order valence-corrected chi connectivity index (χ3v) is 1.29. The van der Waals surface area contributed by atoms with Gasteiger partial charge in [-0.15, -0.1) is 0 Å². The summed E-state index contributed by atoms with van der Waals surface area (Å²) in [6.07, 6.45) is 0.737. The summed E-state index contributed by atoms with van der Waals surface area (Å²) in [6, 6.07) is -1.60. The molecule has 0 saturated carbocycles. The minimum atomic E-state index is -1.28. The van der Waals surface area contributed by atoms with E-state index in [9.17, 15) is 14.7 Å². The summed E-state index contributed by atoms with van der Waals surface area (Å²) in [6.45, 7) is 0.330. The van der Waals surface area contributed by atoms with E-state index in [1.807, 2.05) is 0 Å². The molecule has 2 amide bonds. The van der Waals surface area contributed by atoms with Crippen LogP contribution in [-0.4, -0.2) is 24.6 Å². The summed E-state index contributed by atoms with van der Waals surface area (Å²) in [5, 5.41) is 12.4. The van der Waals surface area contributed by atoms with Crippen LogP contribution in [-0.2, 0) is 21.9 Å². The summed E-state index contributed by atoms with van der Waals surface area (Å²) in [7, 11) is 0. The number of aliphatic carboxylic acids is 1. The first kappa shape index (κ1) is 14.7. The zero-order valence-electron chi connectivity index (χ0n) is 6.88. The summed E-state index contributed by atoms with van der Waals surface area (Å²) in [5.74, 6) is -1.28. The predicted molar refractivity (Wildman–Crippen MR) is 39.8 cm³/mol. The van der Waals surface area contributed by atoms with Gasteiger partial charge in [0.05, 0.1) is 5.97 Å². The van der Waals surface area contributed by atoms with Crippen LogP contribution in [0.15, 0.2) is 0 Å². The van der Waals surface area contributed by atoms with E-state index in [-0.39, 0.29) is 23.5 Å². The molecule has 0 aromatic heterocycles. The average Bonchev–Trinajstić information content (AvgIpc) is 1.97. The minimum absolute atomic E-state index is 0. The maximum Gasteiger partial charge on any atom is 1.00 e. The molecule has 0 spiro atoms. The van der Waals surface area contributed by atoms with E-state index in [2.05, 4.69) is 5.32 Å². The molecule has 6 nitrogen and oxygen atoms in total. The Balaban J connectivity index is 0. The predicted octanol–water partition coefficient (Wildman–Crippen LogP) is -2.49. The molecular weight excluding hydrogens is 226 g/mol.